The summed E-state index contributed by atoms with van der Waals surface area (Å²) in [6, 6.07) is 8.70. The number of rotatable bonds is 4. The molecule has 0 spiro atoms. The molecule has 114 valence electrons. The minimum absolute atomic E-state index is 0.0478. The maximum atomic E-state index is 12.5. The number of Topliss-reactive ketones (excluding diaryl/α,β-unsaturated/α-hetero) is 1. The Labute approximate surface area is 126 Å². The van der Waals surface area contributed by atoms with Gasteiger partial charge in [-0.2, -0.15) is 0 Å². The first kappa shape index (κ1) is 15.5. The maximum absolute atomic E-state index is 12.5. The summed E-state index contributed by atoms with van der Waals surface area (Å²) in [6.07, 6.45) is 1.47. The van der Waals surface area contributed by atoms with E-state index in [0.29, 0.717) is 5.56 Å². The van der Waals surface area contributed by atoms with Crippen LogP contribution in [0.5, 0.6) is 0 Å². The summed E-state index contributed by atoms with van der Waals surface area (Å²) in [5.41, 5.74) is 0.0685. The third-order valence-electron chi connectivity index (χ3n) is 3.40. The van der Waals surface area contributed by atoms with E-state index in [9.17, 15) is 9.59 Å². The standard InChI is InChI=1S/C17H23NO3/c1-12(15(19)13-8-6-5-7-9-13)18(14-10-11-14)16(20)21-17(2,3)4/h5-9,12,14H,10-11H2,1-4H3. The molecule has 4 heteroatoms. The summed E-state index contributed by atoms with van der Waals surface area (Å²) in [4.78, 5) is 26.5. The van der Waals surface area contributed by atoms with Crippen molar-refractivity contribution in [3.63, 3.8) is 0 Å². The third-order valence-corrected chi connectivity index (χ3v) is 3.40. The van der Waals surface area contributed by atoms with Gasteiger partial charge in [0.1, 0.15) is 5.60 Å². The Morgan fingerprint density at radius 3 is 2.24 bits per heavy atom. The van der Waals surface area contributed by atoms with Crippen LogP contribution >= 0.6 is 0 Å². The van der Waals surface area contributed by atoms with E-state index in [0.717, 1.165) is 12.8 Å². The van der Waals surface area contributed by atoms with E-state index >= 15 is 0 Å². The number of ketones is 1. The lowest BCUT2D eigenvalue weighted by molar-refractivity contribution is 0.0156. The van der Waals surface area contributed by atoms with Gasteiger partial charge in [-0.15, -0.1) is 0 Å². The normalized spacial score (nSPS) is 16.2. The minimum Gasteiger partial charge on any atom is -0.444 e. The summed E-state index contributed by atoms with van der Waals surface area (Å²) in [5, 5.41) is 0. The van der Waals surface area contributed by atoms with Crippen LogP contribution in [0.15, 0.2) is 30.3 Å². The van der Waals surface area contributed by atoms with E-state index in [1.54, 1.807) is 24.0 Å². The zero-order valence-electron chi connectivity index (χ0n) is 13.1. The molecule has 4 nitrogen and oxygen atoms in total. The average Bonchev–Trinajstić information content (AvgIpc) is 3.21. The molecule has 1 unspecified atom stereocenters. The first-order valence-electron chi connectivity index (χ1n) is 7.40. The Balaban J connectivity index is 2.15. The van der Waals surface area contributed by atoms with Gasteiger partial charge in [-0.25, -0.2) is 4.79 Å². The van der Waals surface area contributed by atoms with Crippen molar-refractivity contribution in [2.75, 3.05) is 0 Å². The molecule has 0 bridgehead atoms. The minimum atomic E-state index is -0.556. The highest BCUT2D eigenvalue weighted by atomic mass is 16.6. The third kappa shape index (κ3) is 4.06. The summed E-state index contributed by atoms with van der Waals surface area (Å²) < 4.78 is 5.44. The predicted octanol–water partition coefficient (Wildman–Crippen LogP) is 3.66. The highest BCUT2D eigenvalue weighted by Crippen LogP contribution is 2.31. The fraction of sp³-hybridized carbons (Fsp3) is 0.529. The van der Waals surface area contributed by atoms with Crippen LogP contribution in [0, 0.1) is 0 Å². The average molecular weight is 289 g/mol. The van der Waals surface area contributed by atoms with Crippen LogP contribution in [0.25, 0.3) is 0 Å². The van der Waals surface area contributed by atoms with E-state index < -0.39 is 17.7 Å². The Kier molecular flexibility index (Phi) is 4.35. The molecule has 21 heavy (non-hydrogen) atoms. The predicted molar refractivity (Wildman–Crippen MR) is 81.3 cm³/mol. The number of carbonyl (C=O) groups is 2. The van der Waals surface area contributed by atoms with Gasteiger partial charge in [-0.1, -0.05) is 30.3 Å². The molecule has 1 amide bonds. The number of nitrogens with zero attached hydrogens (tertiary/aromatic N) is 1. The van der Waals surface area contributed by atoms with Gasteiger partial charge in [0, 0.05) is 11.6 Å². The highest BCUT2D eigenvalue weighted by molar-refractivity contribution is 6.01. The number of hydrogen-bond donors (Lipinski definition) is 0. The molecule has 1 fully saturated rings. The molecule has 0 aromatic heterocycles. The lowest BCUT2D eigenvalue weighted by Crippen LogP contribution is -2.47. The van der Waals surface area contributed by atoms with E-state index in [4.69, 9.17) is 4.74 Å². The van der Waals surface area contributed by atoms with Crippen LogP contribution in [0.4, 0.5) is 4.79 Å². The second-order valence-corrected chi connectivity index (χ2v) is 6.53. The largest absolute Gasteiger partial charge is 0.444 e. The topological polar surface area (TPSA) is 46.6 Å². The van der Waals surface area contributed by atoms with E-state index in [2.05, 4.69) is 0 Å². The lowest BCUT2D eigenvalue weighted by atomic mass is 10.0. The van der Waals surface area contributed by atoms with Crippen molar-refractivity contribution in [3.05, 3.63) is 35.9 Å². The second kappa shape index (κ2) is 5.88. The summed E-state index contributed by atoms with van der Waals surface area (Å²) in [5.74, 6) is -0.0478. The fourth-order valence-electron chi connectivity index (χ4n) is 2.26. The molecule has 1 aliphatic carbocycles. The molecular formula is C17H23NO3. The SMILES string of the molecule is CC(C(=O)c1ccccc1)N(C(=O)OC(C)(C)C)C1CC1. The molecule has 1 atom stereocenters. The number of amides is 1. The molecule has 0 radical (unpaired) electrons. The maximum Gasteiger partial charge on any atom is 0.411 e. The zero-order valence-corrected chi connectivity index (χ0v) is 13.1. The van der Waals surface area contributed by atoms with Crippen molar-refractivity contribution >= 4 is 11.9 Å². The van der Waals surface area contributed by atoms with Crippen LogP contribution in [0.1, 0.15) is 50.9 Å². The van der Waals surface area contributed by atoms with Gasteiger partial charge in [0.05, 0.1) is 6.04 Å². The Morgan fingerprint density at radius 2 is 1.76 bits per heavy atom. The second-order valence-electron chi connectivity index (χ2n) is 6.53. The Hall–Kier alpha value is -1.84. The zero-order chi connectivity index (χ0) is 15.6. The molecule has 2 rings (SSSR count). The van der Waals surface area contributed by atoms with Crippen LogP contribution in [-0.2, 0) is 4.74 Å². The van der Waals surface area contributed by atoms with Crippen LogP contribution in [0.3, 0.4) is 0 Å². The van der Waals surface area contributed by atoms with E-state index in [-0.39, 0.29) is 11.8 Å². The number of benzene rings is 1. The number of hydrogen-bond acceptors (Lipinski definition) is 3. The van der Waals surface area contributed by atoms with E-state index in [1.807, 2.05) is 39.0 Å². The van der Waals surface area contributed by atoms with Gasteiger partial charge in [0.25, 0.3) is 0 Å². The van der Waals surface area contributed by atoms with Gasteiger partial charge in [-0.3, -0.25) is 9.69 Å². The Morgan fingerprint density at radius 1 is 1.19 bits per heavy atom. The van der Waals surface area contributed by atoms with Crippen molar-refractivity contribution in [2.24, 2.45) is 0 Å². The molecular weight excluding hydrogens is 266 g/mol. The quantitative estimate of drug-likeness (QED) is 0.795. The van der Waals surface area contributed by atoms with Gasteiger partial charge in [0.2, 0.25) is 0 Å². The highest BCUT2D eigenvalue weighted by Gasteiger charge is 2.40. The molecule has 1 aliphatic rings. The first-order chi connectivity index (χ1) is 9.79. The molecule has 0 heterocycles. The van der Waals surface area contributed by atoms with Gasteiger partial charge in [0.15, 0.2) is 5.78 Å². The van der Waals surface area contributed by atoms with Gasteiger partial charge in [-0.05, 0) is 40.5 Å². The molecule has 1 aromatic rings. The van der Waals surface area contributed by atoms with Crippen LogP contribution < -0.4 is 0 Å². The van der Waals surface area contributed by atoms with Gasteiger partial charge < -0.3 is 4.74 Å². The Bertz CT molecular complexity index is 515. The fourth-order valence-corrected chi connectivity index (χ4v) is 2.26. The molecule has 0 aliphatic heterocycles. The first-order valence-corrected chi connectivity index (χ1v) is 7.40. The van der Waals surface area contributed by atoms with Crippen molar-refractivity contribution in [3.8, 4) is 0 Å². The molecule has 0 N–H and O–H groups in total. The molecule has 1 saturated carbocycles. The summed E-state index contributed by atoms with van der Waals surface area (Å²) in [7, 11) is 0. The monoisotopic (exact) mass is 289 g/mol. The van der Waals surface area contributed by atoms with Gasteiger partial charge >= 0.3 is 6.09 Å². The number of carbonyl (C=O) groups excluding carboxylic acids is 2. The van der Waals surface area contributed by atoms with Crippen LogP contribution in [0.2, 0.25) is 0 Å². The van der Waals surface area contributed by atoms with Crippen molar-refractivity contribution in [2.45, 2.75) is 58.2 Å². The van der Waals surface area contributed by atoms with Crippen molar-refractivity contribution < 1.29 is 14.3 Å². The summed E-state index contributed by atoms with van der Waals surface area (Å²) >= 11 is 0. The lowest BCUT2D eigenvalue weighted by Gasteiger charge is -2.31. The van der Waals surface area contributed by atoms with Crippen molar-refractivity contribution in [1.29, 1.82) is 0 Å². The molecule has 1 aromatic carbocycles. The molecule has 0 saturated heterocycles. The van der Waals surface area contributed by atoms with Crippen molar-refractivity contribution in [1.82, 2.24) is 4.90 Å². The van der Waals surface area contributed by atoms with E-state index in [1.165, 1.54) is 0 Å². The number of ether oxygens (including phenoxy) is 1. The van der Waals surface area contributed by atoms with Crippen LogP contribution in [-0.4, -0.2) is 34.5 Å². The summed E-state index contributed by atoms with van der Waals surface area (Å²) in [6.45, 7) is 7.27. The smallest absolute Gasteiger partial charge is 0.411 e.